The summed E-state index contributed by atoms with van der Waals surface area (Å²) in [6.45, 7) is 5.33. The molecule has 0 saturated heterocycles. The highest BCUT2D eigenvalue weighted by atomic mass is 32.2. The number of fused-ring (bicyclic) bond motifs is 6. The van der Waals surface area contributed by atoms with E-state index in [9.17, 15) is 42.1 Å². The Labute approximate surface area is 437 Å². The maximum absolute atomic E-state index is 14.8. The number of thiocarbonyl (C=S) groups is 1. The van der Waals surface area contributed by atoms with Gasteiger partial charge in [-0.1, -0.05) is 12.1 Å². The lowest BCUT2D eigenvalue weighted by Gasteiger charge is -2.36. The zero-order valence-electron chi connectivity index (χ0n) is 41.0. The van der Waals surface area contributed by atoms with Gasteiger partial charge in [-0.25, -0.2) is 26.8 Å². The number of rotatable bonds is 29. The van der Waals surface area contributed by atoms with E-state index in [0.717, 1.165) is 12.1 Å². The second kappa shape index (κ2) is 27.1. The van der Waals surface area contributed by atoms with Crippen LogP contribution in [0.3, 0.4) is 0 Å². The maximum atomic E-state index is 14.8. The predicted octanol–water partition coefficient (Wildman–Crippen LogP) is 5.22. The van der Waals surface area contributed by atoms with Gasteiger partial charge in [0.15, 0.2) is 22.3 Å². The summed E-state index contributed by atoms with van der Waals surface area (Å²) in [5.41, 5.74) is 0.321. The third-order valence-electron chi connectivity index (χ3n) is 11.8. The SMILES string of the molecule is CC(O)NCc1cc(F)c(NS(=O)(=O)C2CCCC=C2C(=O)OCCOCCOCCOCCOCCOCCOCCNC(=S)Nc2ccc3c(c2)C(=O)OC32c3ccc(O)cc3Oc3cc(O)ccc32)c(F)c1. The second-order valence-electron chi connectivity index (χ2n) is 17.2. The topological polar surface area (TPSA) is 260 Å². The largest absolute Gasteiger partial charge is 0.508 e. The highest BCUT2D eigenvalue weighted by Crippen LogP contribution is 2.57. The van der Waals surface area contributed by atoms with Crippen molar-refractivity contribution in [3.05, 3.63) is 118 Å². The first-order valence-electron chi connectivity index (χ1n) is 24.2. The van der Waals surface area contributed by atoms with E-state index in [-0.39, 0.29) is 62.0 Å². The first-order chi connectivity index (χ1) is 36.2. The molecular weight excluding hydrogens is 1030 g/mol. The number of anilines is 2. The number of aliphatic hydroxyl groups is 1. The minimum absolute atomic E-state index is 0.0262. The van der Waals surface area contributed by atoms with Gasteiger partial charge in [0.1, 0.15) is 46.8 Å². The highest BCUT2D eigenvalue weighted by molar-refractivity contribution is 7.93. The Morgan fingerprint density at radius 2 is 1.31 bits per heavy atom. The summed E-state index contributed by atoms with van der Waals surface area (Å²) in [5, 5.41) is 37.4. The summed E-state index contributed by atoms with van der Waals surface area (Å²) in [6, 6.07) is 16.3. The van der Waals surface area contributed by atoms with Gasteiger partial charge in [-0.3, -0.25) is 10.0 Å². The molecule has 75 heavy (non-hydrogen) atoms. The third kappa shape index (κ3) is 15.1. The lowest BCUT2D eigenvalue weighted by molar-refractivity contribution is -0.141. The Morgan fingerprint density at radius 3 is 1.87 bits per heavy atom. The summed E-state index contributed by atoms with van der Waals surface area (Å²) in [4.78, 5) is 26.3. The molecule has 0 saturated carbocycles. The molecule has 2 aliphatic heterocycles. The Bertz CT molecular complexity index is 2710. The van der Waals surface area contributed by atoms with E-state index in [1.54, 1.807) is 30.3 Å². The molecule has 24 heteroatoms. The maximum Gasteiger partial charge on any atom is 0.340 e. The van der Waals surface area contributed by atoms with Crippen molar-refractivity contribution in [2.75, 3.05) is 102 Å². The van der Waals surface area contributed by atoms with Gasteiger partial charge in [-0.15, -0.1) is 0 Å². The van der Waals surface area contributed by atoms with Crippen LogP contribution in [0.5, 0.6) is 23.0 Å². The van der Waals surface area contributed by atoms with Gasteiger partial charge < -0.3 is 68.6 Å². The normalized spacial score (nSPS) is 15.7. The Balaban J connectivity index is 0.665. The van der Waals surface area contributed by atoms with Crippen LogP contribution in [0.25, 0.3) is 0 Å². The number of esters is 2. The first-order valence-corrected chi connectivity index (χ1v) is 26.1. The first kappa shape index (κ1) is 56.7. The van der Waals surface area contributed by atoms with Crippen LogP contribution in [-0.2, 0) is 64.9 Å². The van der Waals surface area contributed by atoms with Crippen molar-refractivity contribution in [2.24, 2.45) is 0 Å². The molecule has 406 valence electrons. The minimum Gasteiger partial charge on any atom is -0.508 e. The second-order valence-corrected chi connectivity index (χ2v) is 19.5. The summed E-state index contributed by atoms with van der Waals surface area (Å²) >= 11 is 5.46. The molecule has 4 aromatic carbocycles. The van der Waals surface area contributed by atoms with Crippen LogP contribution < -0.4 is 25.4 Å². The minimum atomic E-state index is -4.45. The van der Waals surface area contributed by atoms with E-state index < -0.39 is 56.4 Å². The van der Waals surface area contributed by atoms with E-state index in [4.69, 9.17) is 54.8 Å². The molecule has 7 rings (SSSR count). The highest BCUT2D eigenvalue weighted by Gasteiger charge is 2.53. The van der Waals surface area contributed by atoms with Crippen molar-refractivity contribution in [3.63, 3.8) is 0 Å². The molecule has 1 aliphatic carbocycles. The zero-order valence-corrected chi connectivity index (χ0v) is 42.7. The number of ether oxygens (including phenoxy) is 9. The number of carbonyl (C=O) groups excluding carboxylic acids is 2. The summed E-state index contributed by atoms with van der Waals surface area (Å²) in [7, 11) is -4.45. The van der Waals surface area contributed by atoms with Crippen LogP contribution in [0.4, 0.5) is 20.2 Å². The zero-order chi connectivity index (χ0) is 53.4. The van der Waals surface area contributed by atoms with Crippen molar-refractivity contribution < 1.29 is 84.7 Å². The Kier molecular flexibility index (Phi) is 20.5. The fourth-order valence-electron chi connectivity index (χ4n) is 8.36. The van der Waals surface area contributed by atoms with Gasteiger partial charge >= 0.3 is 11.9 Å². The number of phenolic OH excluding ortho intramolecular Hbond substituents is 2. The molecule has 0 amide bonds. The van der Waals surface area contributed by atoms with Gasteiger partial charge in [0, 0.05) is 47.6 Å². The fraction of sp³-hybridized carbons (Fsp3) is 0.431. The average molecular weight is 1090 g/mol. The van der Waals surface area contributed by atoms with Gasteiger partial charge in [-0.05, 0) is 92.5 Å². The molecule has 0 bridgehead atoms. The molecular formula is C51H60F2N4O16S2. The number of hydrogen-bond donors (Lipinski definition) is 7. The summed E-state index contributed by atoms with van der Waals surface area (Å²) < 4.78 is 108. The fourth-order valence-corrected chi connectivity index (χ4v) is 10.2. The molecule has 2 unspecified atom stereocenters. The van der Waals surface area contributed by atoms with Crippen LogP contribution in [0.15, 0.2) is 78.4 Å². The molecule has 2 heterocycles. The van der Waals surface area contributed by atoms with E-state index in [2.05, 4.69) is 16.0 Å². The number of aromatic hydroxyl groups is 2. The number of aliphatic hydroxyl groups excluding tert-OH is 1. The van der Waals surface area contributed by atoms with Crippen LogP contribution >= 0.6 is 12.2 Å². The number of phenols is 2. The third-order valence-corrected chi connectivity index (χ3v) is 13.8. The summed E-state index contributed by atoms with van der Waals surface area (Å²) in [5.74, 6) is -3.18. The van der Waals surface area contributed by atoms with E-state index in [1.807, 2.05) is 4.72 Å². The van der Waals surface area contributed by atoms with Gasteiger partial charge in [0.2, 0.25) is 10.0 Å². The Morgan fingerprint density at radius 1 is 0.773 bits per heavy atom. The lowest BCUT2D eigenvalue weighted by Crippen LogP contribution is -2.35. The Hall–Kier alpha value is -6.06. The van der Waals surface area contributed by atoms with Crippen molar-refractivity contribution in [1.82, 2.24) is 10.6 Å². The van der Waals surface area contributed by atoms with Gasteiger partial charge in [0.25, 0.3) is 0 Å². The standard InChI is InChI=1S/C51H60F2N4O16S2/c1-32(58)55-31-33-26-42(52)47(43(53)27-33)57-75(63,64)46-5-3-2-4-37(46)48(61)71-25-24-70-23-22-69-21-20-68-19-18-67-17-16-66-15-14-65-13-12-54-50(74)56-34-6-9-39-38(28-34)49(62)73-51(39)40-10-7-35(59)29-44(40)72-45-30-36(60)8-11-41(45)51/h4,6-11,26-30,32,46,55,57-60H,2-3,5,12-25,31H2,1H3,(H2,54,56,74). The van der Waals surface area contributed by atoms with Gasteiger partial charge in [0.05, 0.1) is 90.4 Å². The number of allylic oxidation sites excluding steroid dienone is 1. The number of sulfonamides is 1. The van der Waals surface area contributed by atoms with E-state index in [1.165, 1.54) is 37.3 Å². The molecule has 0 aromatic heterocycles. The van der Waals surface area contributed by atoms with Crippen molar-refractivity contribution in [1.29, 1.82) is 0 Å². The number of hydrogen-bond acceptors (Lipinski definition) is 18. The number of carbonyl (C=O) groups is 2. The molecule has 2 atom stereocenters. The number of nitrogens with one attached hydrogen (secondary N) is 4. The molecule has 0 radical (unpaired) electrons. The molecule has 3 aliphatic rings. The van der Waals surface area contributed by atoms with Crippen molar-refractivity contribution in [3.8, 4) is 23.0 Å². The smallest absolute Gasteiger partial charge is 0.340 e. The number of benzene rings is 4. The average Bonchev–Trinajstić information content (AvgIpc) is 3.68. The number of halogens is 2. The van der Waals surface area contributed by atoms with Crippen LogP contribution in [0, 0.1) is 11.6 Å². The molecule has 0 fully saturated rings. The van der Waals surface area contributed by atoms with Gasteiger partial charge in [-0.2, -0.15) is 0 Å². The lowest BCUT2D eigenvalue weighted by atomic mass is 9.77. The monoisotopic (exact) mass is 1090 g/mol. The molecule has 1 spiro atoms. The summed E-state index contributed by atoms with van der Waals surface area (Å²) in [6.07, 6.45) is 1.46. The van der Waals surface area contributed by atoms with Crippen molar-refractivity contribution in [2.45, 2.75) is 49.8 Å². The molecule has 7 N–H and O–H groups in total. The van der Waals surface area contributed by atoms with Crippen LogP contribution in [-0.4, -0.2) is 145 Å². The van der Waals surface area contributed by atoms with E-state index in [0.29, 0.717) is 123 Å². The van der Waals surface area contributed by atoms with E-state index >= 15 is 0 Å². The van der Waals surface area contributed by atoms with Crippen LogP contribution in [0.1, 0.15) is 58.8 Å². The molecule has 4 aromatic rings. The quantitative estimate of drug-likeness (QED) is 0.0159. The van der Waals surface area contributed by atoms with Crippen LogP contribution in [0.2, 0.25) is 0 Å². The predicted molar refractivity (Wildman–Crippen MR) is 271 cm³/mol. The van der Waals surface area contributed by atoms with Crippen molar-refractivity contribution >= 4 is 50.7 Å². The molecule has 20 nitrogen and oxygen atoms in total.